The quantitative estimate of drug-likeness (QED) is 0.709. The number of hydrogen-bond acceptors (Lipinski definition) is 1. The van der Waals surface area contributed by atoms with Crippen LogP contribution < -0.4 is 5.32 Å². The van der Waals surface area contributed by atoms with Gasteiger partial charge in [-0.25, -0.2) is 8.78 Å². The van der Waals surface area contributed by atoms with E-state index in [4.69, 9.17) is 11.6 Å². The van der Waals surface area contributed by atoms with Crippen molar-refractivity contribution in [3.8, 4) is 0 Å². The van der Waals surface area contributed by atoms with Crippen LogP contribution in [0.5, 0.6) is 0 Å². The normalized spacial score (nSPS) is 12.4. The third kappa shape index (κ3) is 3.48. The van der Waals surface area contributed by atoms with Crippen molar-refractivity contribution in [2.75, 3.05) is 6.54 Å². The molecule has 0 heterocycles. The number of rotatable bonds is 4. The van der Waals surface area contributed by atoms with Crippen LogP contribution in [0.3, 0.4) is 0 Å². The minimum atomic E-state index is -0.845. The molecule has 0 saturated heterocycles. The fourth-order valence-electron chi connectivity index (χ4n) is 2.02. The summed E-state index contributed by atoms with van der Waals surface area (Å²) in [7, 11) is 0. The first-order chi connectivity index (χ1) is 9.52. The van der Waals surface area contributed by atoms with Gasteiger partial charge in [0.25, 0.3) is 0 Å². The van der Waals surface area contributed by atoms with Crippen LogP contribution in [0.15, 0.2) is 36.4 Å². The van der Waals surface area contributed by atoms with Gasteiger partial charge in [0.05, 0.1) is 11.1 Å². The molecule has 0 aliphatic rings. The van der Waals surface area contributed by atoms with Gasteiger partial charge in [-0.2, -0.15) is 0 Å². The summed E-state index contributed by atoms with van der Waals surface area (Å²) in [4.78, 5) is 0. The summed E-state index contributed by atoms with van der Waals surface area (Å²) in [6, 6.07) is 9.41. The van der Waals surface area contributed by atoms with E-state index in [9.17, 15) is 8.78 Å². The summed E-state index contributed by atoms with van der Waals surface area (Å²) in [6.07, 6.45) is 0. The average molecular weight is 408 g/mol. The molecule has 1 nitrogen and oxygen atoms in total. The Labute approximate surface area is 135 Å². The monoisotopic (exact) mass is 407 g/mol. The van der Waals surface area contributed by atoms with E-state index in [0.29, 0.717) is 17.1 Å². The maximum absolute atomic E-state index is 13.4. The lowest BCUT2D eigenvalue weighted by Gasteiger charge is -2.19. The molecular formula is C15H13ClF2IN. The van der Waals surface area contributed by atoms with E-state index in [2.05, 4.69) is 27.9 Å². The molecular weight excluding hydrogens is 395 g/mol. The van der Waals surface area contributed by atoms with E-state index in [1.165, 1.54) is 6.07 Å². The van der Waals surface area contributed by atoms with Crippen LogP contribution in [-0.2, 0) is 0 Å². The molecule has 0 radical (unpaired) electrons. The van der Waals surface area contributed by atoms with Gasteiger partial charge < -0.3 is 5.32 Å². The van der Waals surface area contributed by atoms with Gasteiger partial charge in [0.15, 0.2) is 11.6 Å². The Morgan fingerprint density at radius 2 is 1.75 bits per heavy atom. The number of nitrogens with one attached hydrogen (secondary N) is 1. The topological polar surface area (TPSA) is 12.0 Å². The third-order valence-corrected chi connectivity index (χ3v) is 4.53. The Bertz CT molecular complexity index is 567. The maximum Gasteiger partial charge on any atom is 0.159 e. The standard InChI is InChI=1S/C15H13ClF2IN/c1-2-20-15(9-4-6-14(19)11(16)7-9)10-3-5-12(17)13(18)8-10/h3-8,15,20H,2H2,1H3. The smallest absolute Gasteiger partial charge is 0.159 e. The second-order valence-corrected chi connectivity index (χ2v) is 5.91. The first-order valence-electron chi connectivity index (χ1n) is 6.16. The van der Waals surface area contributed by atoms with Crippen LogP contribution >= 0.6 is 34.2 Å². The minimum Gasteiger partial charge on any atom is -0.307 e. The number of hydrogen-bond donors (Lipinski definition) is 1. The van der Waals surface area contributed by atoms with Crippen LogP contribution in [0.1, 0.15) is 24.1 Å². The molecule has 2 aromatic carbocycles. The molecule has 0 fully saturated rings. The molecule has 2 aromatic rings. The highest BCUT2D eigenvalue weighted by atomic mass is 127. The molecule has 106 valence electrons. The average Bonchev–Trinajstić information content (AvgIpc) is 2.43. The van der Waals surface area contributed by atoms with Crippen molar-refractivity contribution >= 4 is 34.2 Å². The molecule has 0 aromatic heterocycles. The fourth-order valence-corrected chi connectivity index (χ4v) is 2.54. The Morgan fingerprint density at radius 1 is 1.10 bits per heavy atom. The van der Waals surface area contributed by atoms with Crippen LogP contribution in [-0.4, -0.2) is 6.54 Å². The van der Waals surface area contributed by atoms with Crippen LogP contribution in [0.25, 0.3) is 0 Å². The van der Waals surface area contributed by atoms with E-state index < -0.39 is 11.6 Å². The van der Waals surface area contributed by atoms with Gasteiger partial charge in [0, 0.05) is 3.57 Å². The molecule has 0 bridgehead atoms. The van der Waals surface area contributed by atoms with Crippen LogP contribution in [0.4, 0.5) is 8.78 Å². The van der Waals surface area contributed by atoms with Gasteiger partial charge >= 0.3 is 0 Å². The van der Waals surface area contributed by atoms with Crippen LogP contribution in [0, 0.1) is 15.2 Å². The molecule has 0 saturated carbocycles. The number of halogens is 4. The van der Waals surface area contributed by atoms with Crippen LogP contribution in [0.2, 0.25) is 5.02 Å². The Morgan fingerprint density at radius 3 is 2.35 bits per heavy atom. The molecule has 0 spiro atoms. The fraction of sp³-hybridized carbons (Fsp3) is 0.200. The minimum absolute atomic E-state index is 0.218. The molecule has 1 unspecified atom stereocenters. The van der Waals surface area contributed by atoms with Crippen molar-refractivity contribution in [1.82, 2.24) is 5.32 Å². The van der Waals surface area contributed by atoms with Gasteiger partial charge in [-0.1, -0.05) is 30.7 Å². The van der Waals surface area contributed by atoms with Crippen molar-refractivity contribution in [2.45, 2.75) is 13.0 Å². The van der Waals surface area contributed by atoms with E-state index in [1.54, 1.807) is 6.07 Å². The molecule has 5 heteroatoms. The Kier molecular flexibility index (Phi) is 5.35. The largest absolute Gasteiger partial charge is 0.307 e. The zero-order valence-corrected chi connectivity index (χ0v) is 13.7. The molecule has 0 aliphatic heterocycles. The highest BCUT2D eigenvalue weighted by molar-refractivity contribution is 14.1. The predicted molar refractivity (Wildman–Crippen MR) is 86.0 cm³/mol. The SMILES string of the molecule is CCNC(c1ccc(F)c(F)c1)c1ccc(I)c(Cl)c1. The molecule has 0 aliphatic carbocycles. The predicted octanol–water partition coefficient (Wildman–Crippen LogP) is 4.92. The highest BCUT2D eigenvalue weighted by Gasteiger charge is 2.16. The lowest BCUT2D eigenvalue weighted by atomic mass is 9.98. The van der Waals surface area contributed by atoms with Crippen molar-refractivity contribution in [1.29, 1.82) is 0 Å². The third-order valence-electron chi connectivity index (χ3n) is 2.96. The highest BCUT2D eigenvalue weighted by Crippen LogP contribution is 2.28. The van der Waals surface area contributed by atoms with E-state index in [0.717, 1.165) is 15.2 Å². The second kappa shape index (κ2) is 6.83. The summed E-state index contributed by atoms with van der Waals surface area (Å²) in [6.45, 7) is 2.66. The van der Waals surface area contributed by atoms with Crippen molar-refractivity contribution in [3.63, 3.8) is 0 Å². The van der Waals surface area contributed by atoms with Crippen molar-refractivity contribution in [3.05, 3.63) is 67.8 Å². The van der Waals surface area contributed by atoms with Gasteiger partial charge in [0.1, 0.15) is 0 Å². The lowest BCUT2D eigenvalue weighted by Crippen LogP contribution is -2.22. The first kappa shape index (κ1) is 15.7. The Balaban J connectivity index is 2.44. The Hall–Kier alpha value is -0.720. The maximum atomic E-state index is 13.4. The van der Waals surface area contributed by atoms with Gasteiger partial charge in [-0.15, -0.1) is 0 Å². The van der Waals surface area contributed by atoms with Crippen molar-refractivity contribution in [2.24, 2.45) is 0 Å². The summed E-state index contributed by atoms with van der Waals surface area (Å²) >= 11 is 8.28. The summed E-state index contributed by atoms with van der Waals surface area (Å²) < 4.78 is 27.4. The molecule has 1 atom stereocenters. The molecule has 20 heavy (non-hydrogen) atoms. The molecule has 1 N–H and O–H groups in total. The summed E-state index contributed by atoms with van der Waals surface area (Å²) in [5, 5.41) is 3.91. The van der Waals surface area contributed by atoms with E-state index >= 15 is 0 Å². The van der Waals surface area contributed by atoms with Gasteiger partial charge in [-0.3, -0.25) is 0 Å². The van der Waals surface area contributed by atoms with Crippen molar-refractivity contribution < 1.29 is 8.78 Å². The number of benzene rings is 2. The second-order valence-electron chi connectivity index (χ2n) is 4.34. The lowest BCUT2D eigenvalue weighted by molar-refractivity contribution is 0.504. The summed E-state index contributed by atoms with van der Waals surface area (Å²) in [5.74, 6) is -1.69. The zero-order valence-electron chi connectivity index (χ0n) is 10.8. The zero-order chi connectivity index (χ0) is 14.7. The van der Waals surface area contributed by atoms with Gasteiger partial charge in [-0.05, 0) is 64.5 Å². The first-order valence-corrected chi connectivity index (χ1v) is 7.62. The van der Waals surface area contributed by atoms with E-state index in [1.807, 2.05) is 25.1 Å². The molecule has 0 amide bonds. The van der Waals surface area contributed by atoms with E-state index in [-0.39, 0.29) is 6.04 Å². The van der Waals surface area contributed by atoms with Gasteiger partial charge in [0.2, 0.25) is 0 Å². The molecule has 2 rings (SSSR count). The summed E-state index contributed by atoms with van der Waals surface area (Å²) in [5.41, 5.74) is 1.59.